The predicted molar refractivity (Wildman–Crippen MR) is 116 cm³/mol. The van der Waals surface area contributed by atoms with Gasteiger partial charge in [0.15, 0.2) is 5.96 Å². The Morgan fingerprint density at radius 2 is 1.85 bits per heavy atom. The van der Waals surface area contributed by atoms with E-state index in [4.69, 9.17) is 14.2 Å². The average Bonchev–Trinajstić information content (AvgIpc) is 3.14. The van der Waals surface area contributed by atoms with E-state index < -0.39 is 0 Å². The number of rotatable bonds is 10. The van der Waals surface area contributed by atoms with Crippen molar-refractivity contribution in [3.63, 3.8) is 0 Å². The van der Waals surface area contributed by atoms with Crippen LogP contribution in [0.25, 0.3) is 0 Å². The van der Waals surface area contributed by atoms with Gasteiger partial charge < -0.3 is 24.8 Å². The summed E-state index contributed by atoms with van der Waals surface area (Å²) in [6.45, 7) is 6.73. The van der Waals surface area contributed by atoms with E-state index in [-0.39, 0.29) is 30.1 Å². The fraction of sp³-hybridized carbons (Fsp3) is 0.632. The first-order valence-corrected chi connectivity index (χ1v) is 9.11. The van der Waals surface area contributed by atoms with Gasteiger partial charge in [0.25, 0.3) is 0 Å². The molecule has 0 radical (unpaired) electrons. The second-order valence-electron chi connectivity index (χ2n) is 6.15. The summed E-state index contributed by atoms with van der Waals surface area (Å²) in [7, 11) is 1.78. The van der Waals surface area contributed by atoms with Crippen molar-refractivity contribution in [1.82, 2.24) is 10.6 Å². The Hall–Kier alpha value is -1.06. The minimum atomic E-state index is 0. The topological polar surface area (TPSA) is 64.1 Å². The smallest absolute Gasteiger partial charge is 0.190 e. The number of hydrogen-bond acceptors (Lipinski definition) is 4. The number of aliphatic imine (C=N–C) groups is 1. The Bertz CT molecular complexity index is 505. The molecule has 0 aromatic heterocycles. The fourth-order valence-electron chi connectivity index (χ4n) is 2.50. The summed E-state index contributed by atoms with van der Waals surface area (Å²) >= 11 is 0. The van der Waals surface area contributed by atoms with Gasteiger partial charge in [0.1, 0.15) is 5.75 Å². The second kappa shape index (κ2) is 14.1. The Kier molecular flexibility index (Phi) is 12.4. The third kappa shape index (κ3) is 9.59. The molecule has 1 atom stereocenters. The molecule has 2 N–H and O–H groups in total. The summed E-state index contributed by atoms with van der Waals surface area (Å²) in [5, 5.41) is 6.59. The van der Waals surface area contributed by atoms with Crippen LogP contribution in [0.4, 0.5) is 0 Å². The van der Waals surface area contributed by atoms with E-state index in [0.717, 1.165) is 63.9 Å². The third-order valence-corrected chi connectivity index (χ3v) is 3.98. The molecule has 1 fully saturated rings. The van der Waals surface area contributed by atoms with Crippen molar-refractivity contribution in [2.45, 2.75) is 32.3 Å². The molecule has 1 unspecified atom stereocenters. The van der Waals surface area contributed by atoms with Gasteiger partial charge in [0.05, 0.1) is 19.3 Å². The molecule has 26 heavy (non-hydrogen) atoms. The molecule has 148 valence electrons. The predicted octanol–water partition coefficient (Wildman–Crippen LogP) is 2.74. The SMILES string of the molecule is CN=C(NCCCOc1ccc(C)cc1)NCCCOC1CCOC1.I. The zero-order chi connectivity index (χ0) is 17.7. The first-order chi connectivity index (χ1) is 12.3. The molecule has 1 saturated heterocycles. The van der Waals surface area contributed by atoms with Crippen molar-refractivity contribution in [1.29, 1.82) is 0 Å². The van der Waals surface area contributed by atoms with Crippen LogP contribution in [0.5, 0.6) is 5.75 Å². The van der Waals surface area contributed by atoms with Crippen molar-refractivity contribution in [2.24, 2.45) is 4.99 Å². The minimum absolute atomic E-state index is 0. The van der Waals surface area contributed by atoms with Gasteiger partial charge >= 0.3 is 0 Å². The van der Waals surface area contributed by atoms with E-state index in [2.05, 4.69) is 34.7 Å². The summed E-state index contributed by atoms with van der Waals surface area (Å²) < 4.78 is 16.7. The lowest BCUT2D eigenvalue weighted by Gasteiger charge is -2.13. The van der Waals surface area contributed by atoms with Gasteiger partial charge in [-0.3, -0.25) is 4.99 Å². The van der Waals surface area contributed by atoms with Crippen LogP contribution in [0.3, 0.4) is 0 Å². The molecule has 0 spiro atoms. The summed E-state index contributed by atoms with van der Waals surface area (Å²) in [6.07, 6.45) is 3.17. The normalized spacial score (nSPS) is 16.8. The highest BCUT2D eigenvalue weighted by atomic mass is 127. The molecule has 2 rings (SSSR count). The average molecular weight is 477 g/mol. The number of benzene rings is 1. The molecule has 0 saturated carbocycles. The van der Waals surface area contributed by atoms with Crippen molar-refractivity contribution in [3.8, 4) is 5.75 Å². The highest BCUT2D eigenvalue weighted by Crippen LogP contribution is 2.11. The number of nitrogens with zero attached hydrogens (tertiary/aromatic N) is 1. The zero-order valence-corrected chi connectivity index (χ0v) is 18.2. The summed E-state index contributed by atoms with van der Waals surface area (Å²) in [4.78, 5) is 4.22. The van der Waals surface area contributed by atoms with Gasteiger partial charge in [-0.2, -0.15) is 0 Å². The number of nitrogens with one attached hydrogen (secondary N) is 2. The van der Waals surface area contributed by atoms with Gasteiger partial charge in [-0.05, 0) is 38.3 Å². The lowest BCUT2D eigenvalue weighted by atomic mass is 10.2. The molecule has 0 amide bonds. The van der Waals surface area contributed by atoms with E-state index in [0.29, 0.717) is 6.61 Å². The zero-order valence-electron chi connectivity index (χ0n) is 15.8. The van der Waals surface area contributed by atoms with E-state index in [9.17, 15) is 0 Å². The number of guanidine groups is 1. The quantitative estimate of drug-likeness (QED) is 0.235. The number of hydrogen-bond donors (Lipinski definition) is 2. The molecule has 0 bridgehead atoms. The highest BCUT2D eigenvalue weighted by molar-refractivity contribution is 14.0. The van der Waals surface area contributed by atoms with E-state index in [1.54, 1.807) is 7.05 Å². The molecule has 7 heteroatoms. The van der Waals surface area contributed by atoms with Crippen LogP contribution in [0, 0.1) is 6.92 Å². The molecule has 1 aliphatic rings. The molecule has 1 aliphatic heterocycles. The van der Waals surface area contributed by atoms with E-state index in [1.807, 2.05) is 12.1 Å². The minimum Gasteiger partial charge on any atom is -0.494 e. The Morgan fingerprint density at radius 1 is 1.15 bits per heavy atom. The summed E-state index contributed by atoms with van der Waals surface area (Å²) in [5.41, 5.74) is 1.24. The monoisotopic (exact) mass is 477 g/mol. The Balaban J connectivity index is 0.00000338. The maximum absolute atomic E-state index is 5.74. The molecule has 6 nitrogen and oxygen atoms in total. The standard InChI is InChI=1S/C19H31N3O3.HI/c1-16-5-7-17(8-6-16)24-12-3-10-21-19(20-2)22-11-4-13-25-18-9-14-23-15-18;/h5-8,18H,3-4,9-15H2,1-2H3,(H2,20,21,22);1H. The molecular formula is C19H32IN3O3. The maximum Gasteiger partial charge on any atom is 0.190 e. The lowest BCUT2D eigenvalue weighted by Crippen LogP contribution is -2.38. The van der Waals surface area contributed by atoms with Crippen LogP contribution < -0.4 is 15.4 Å². The van der Waals surface area contributed by atoms with Gasteiger partial charge in [-0.15, -0.1) is 24.0 Å². The van der Waals surface area contributed by atoms with Gasteiger partial charge in [-0.1, -0.05) is 17.7 Å². The Labute approximate surface area is 174 Å². The van der Waals surface area contributed by atoms with Crippen molar-refractivity contribution in [2.75, 3.05) is 46.6 Å². The number of aryl methyl sites for hydroxylation is 1. The van der Waals surface area contributed by atoms with Crippen LogP contribution in [-0.4, -0.2) is 58.6 Å². The summed E-state index contributed by atoms with van der Waals surface area (Å²) in [5.74, 6) is 1.74. The fourth-order valence-corrected chi connectivity index (χ4v) is 2.50. The van der Waals surface area contributed by atoms with Gasteiger partial charge in [0.2, 0.25) is 0 Å². The van der Waals surface area contributed by atoms with E-state index >= 15 is 0 Å². The number of halogens is 1. The first-order valence-electron chi connectivity index (χ1n) is 9.11. The highest BCUT2D eigenvalue weighted by Gasteiger charge is 2.15. The molecule has 1 aromatic carbocycles. The van der Waals surface area contributed by atoms with Crippen molar-refractivity contribution < 1.29 is 14.2 Å². The summed E-state index contributed by atoms with van der Waals surface area (Å²) in [6, 6.07) is 8.12. The number of ether oxygens (including phenoxy) is 3. The van der Waals surface area contributed by atoms with Gasteiger partial charge in [0, 0.05) is 33.4 Å². The lowest BCUT2D eigenvalue weighted by molar-refractivity contribution is 0.0420. The van der Waals surface area contributed by atoms with Crippen LogP contribution in [0.2, 0.25) is 0 Å². The van der Waals surface area contributed by atoms with E-state index in [1.165, 1.54) is 5.56 Å². The Morgan fingerprint density at radius 3 is 2.46 bits per heavy atom. The van der Waals surface area contributed by atoms with Crippen molar-refractivity contribution >= 4 is 29.9 Å². The molecular weight excluding hydrogens is 445 g/mol. The van der Waals surface area contributed by atoms with Crippen LogP contribution in [0.1, 0.15) is 24.8 Å². The second-order valence-corrected chi connectivity index (χ2v) is 6.15. The van der Waals surface area contributed by atoms with Crippen molar-refractivity contribution in [3.05, 3.63) is 29.8 Å². The van der Waals surface area contributed by atoms with Crippen LogP contribution in [-0.2, 0) is 9.47 Å². The maximum atomic E-state index is 5.74. The van der Waals surface area contributed by atoms with Gasteiger partial charge in [-0.25, -0.2) is 0 Å². The molecule has 1 heterocycles. The van der Waals surface area contributed by atoms with Crippen LogP contribution in [0.15, 0.2) is 29.3 Å². The first kappa shape index (κ1) is 23.0. The van der Waals surface area contributed by atoms with Crippen LogP contribution >= 0.6 is 24.0 Å². The largest absolute Gasteiger partial charge is 0.494 e. The third-order valence-electron chi connectivity index (χ3n) is 3.98. The molecule has 0 aliphatic carbocycles. The molecule has 1 aromatic rings.